The molecule has 1 fully saturated rings. The van der Waals surface area contributed by atoms with E-state index >= 15 is 0 Å². The minimum atomic E-state index is -2.78. The number of aliphatic carboxylic acids is 1. The second-order valence-corrected chi connectivity index (χ2v) is 4.91. The quantitative estimate of drug-likeness (QED) is 0.268. The Balaban J connectivity index is 3.07. The third-order valence-electron chi connectivity index (χ3n) is 3.21. The maximum Gasteiger partial charge on any atom is 0.364 e. The summed E-state index contributed by atoms with van der Waals surface area (Å²) < 4.78 is 4.86. The molecule has 6 atom stereocenters. The van der Waals surface area contributed by atoms with Gasteiger partial charge in [-0.3, -0.25) is 4.79 Å². The van der Waals surface area contributed by atoms with E-state index in [1.807, 2.05) is 0 Å². The van der Waals surface area contributed by atoms with Gasteiger partial charge >= 0.3 is 5.97 Å². The maximum atomic E-state index is 11.1. The van der Waals surface area contributed by atoms with Crippen LogP contribution in [0, 0.1) is 0 Å². The van der Waals surface area contributed by atoms with Crippen LogP contribution in [0.25, 0.3) is 0 Å². The summed E-state index contributed by atoms with van der Waals surface area (Å²) in [5.41, 5.74) is 0. The molecule has 0 bridgehead atoms. The number of carboxylic acid groups (broad SMARTS) is 1. The zero-order valence-corrected chi connectivity index (χ0v) is 11.2. The Morgan fingerprint density at radius 1 is 1.43 bits per heavy atom. The number of carbonyl (C=O) groups excluding carboxylic acids is 1. The molecular formula is C11H19NO9. The molecule has 0 aliphatic carbocycles. The summed E-state index contributed by atoms with van der Waals surface area (Å²) in [6.07, 6.45) is -7.48. The minimum absolute atomic E-state index is 0.598. The lowest BCUT2D eigenvalue weighted by atomic mass is 9.88. The van der Waals surface area contributed by atoms with Crippen molar-refractivity contribution in [3.8, 4) is 0 Å². The van der Waals surface area contributed by atoms with E-state index in [-0.39, 0.29) is 0 Å². The average Bonchev–Trinajstić information content (AvgIpc) is 2.39. The van der Waals surface area contributed by atoms with Gasteiger partial charge in [-0.2, -0.15) is 0 Å². The first-order valence-electron chi connectivity index (χ1n) is 6.18. The molecule has 0 aromatic rings. The summed E-state index contributed by atoms with van der Waals surface area (Å²) in [5, 5.41) is 59.0. The molecule has 10 heteroatoms. The summed E-state index contributed by atoms with van der Waals surface area (Å²) in [6.45, 7) is 0.256. The summed E-state index contributed by atoms with van der Waals surface area (Å²) in [4.78, 5) is 22.1. The van der Waals surface area contributed by atoms with E-state index < -0.39 is 61.1 Å². The highest BCUT2D eigenvalue weighted by Gasteiger charge is 2.53. The lowest BCUT2D eigenvalue weighted by Gasteiger charge is -2.44. The summed E-state index contributed by atoms with van der Waals surface area (Å²) in [5.74, 6) is -5.17. The number of carbonyl (C=O) groups is 2. The molecule has 122 valence electrons. The van der Waals surface area contributed by atoms with Gasteiger partial charge in [-0.15, -0.1) is 0 Å². The molecule has 0 aromatic heterocycles. The van der Waals surface area contributed by atoms with E-state index in [0.717, 1.165) is 6.92 Å². The van der Waals surface area contributed by atoms with Crippen LogP contribution in [0.1, 0.15) is 13.3 Å². The zero-order chi connectivity index (χ0) is 16.4. The van der Waals surface area contributed by atoms with E-state index in [4.69, 9.17) is 14.9 Å². The molecule has 1 rings (SSSR count). The van der Waals surface area contributed by atoms with Gasteiger partial charge in [-0.05, 0) is 0 Å². The van der Waals surface area contributed by atoms with Gasteiger partial charge in [0.15, 0.2) is 0 Å². The number of aliphatic hydroxyl groups excluding tert-OH is 4. The smallest absolute Gasteiger partial charge is 0.364 e. The van der Waals surface area contributed by atoms with Gasteiger partial charge in [0, 0.05) is 13.3 Å². The van der Waals surface area contributed by atoms with Crippen molar-refractivity contribution in [2.24, 2.45) is 0 Å². The van der Waals surface area contributed by atoms with Crippen LogP contribution in [0.5, 0.6) is 0 Å². The topological polar surface area (TPSA) is 177 Å². The highest BCUT2D eigenvalue weighted by atomic mass is 16.7. The lowest BCUT2D eigenvalue weighted by molar-refractivity contribution is -0.295. The van der Waals surface area contributed by atoms with Crippen molar-refractivity contribution >= 4 is 11.9 Å². The second-order valence-electron chi connectivity index (χ2n) is 4.91. The Bertz CT molecular complexity index is 403. The first kappa shape index (κ1) is 17.8. The van der Waals surface area contributed by atoms with Gasteiger partial charge in [0.2, 0.25) is 5.91 Å². The van der Waals surface area contributed by atoms with Crippen molar-refractivity contribution in [3.63, 3.8) is 0 Å². The van der Waals surface area contributed by atoms with Crippen LogP contribution < -0.4 is 5.32 Å². The van der Waals surface area contributed by atoms with Crippen LogP contribution in [0.2, 0.25) is 0 Å². The minimum Gasteiger partial charge on any atom is -0.477 e. The van der Waals surface area contributed by atoms with E-state index in [1.54, 1.807) is 0 Å². The van der Waals surface area contributed by atoms with Gasteiger partial charge in [-0.1, -0.05) is 0 Å². The number of aliphatic hydroxyl groups is 5. The van der Waals surface area contributed by atoms with Crippen LogP contribution in [-0.2, 0) is 14.3 Å². The molecule has 10 nitrogen and oxygen atoms in total. The van der Waals surface area contributed by atoms with Crippen LogP contribution in [0.15, 0.2) is 0 Å². The first-order chi connectivity index (χ1) is 9.62. The molecule has 1 heterocycles. The highest BCUT2D eigenvalue weighted by Crippen LogP contribution is 2.30. The monoisotopic (exact) mass is 309 g/mol. The van der Waals surface area contributed by atoms with Crippen LogP contribution in [-0.4, -0.2) is 85.4 Å². The predicted octanol–water partition coefficient (Wildman–Crippen LogP) is -3.87. The van der Waals surface area contributed by atoms with E-state index in [9.17, 15) is 30.0 Å². The average molecular weight is 309 g/mol. The first-order valence-corrected chi connectivity index (χ1v) is 6.18. The molecule has 21 heavy (non-hydrogen) atoms. The Morgan fingerprint density at radius 2 is 2.00 bits per heavy atom. The number of carboxylic acids is 1. The third kappa shape index (κ3) is 3.87. The summed E-state index contributed by atoms with van der Waals surface area (Å²) in [6, 6.07) is -1.27. The molecule has 1 aliphatic rings. The molecule has 1 amide bonds. The van der Waals surface area contributed by atoms with E-state index in [0.29, 0.717) is 0 Å². The van der Waals surface area contributed by atoms with Gasteiger partial charge in [0.25, 0.3) is 5.79 Å². The predicted molar refractivity (Wildman–Crippen MR) is 64.8 cm³/mol. The Labute approximate surface area is 119 Å². The second kappa shape index (κ2) is 6.64. The Hall–Kier alpha value is -1.30. The number of rotatable bonds is 5. The largest absolute Gasteiger partial charge is 0.477 e. The fourth-order valence-corrected chi connectivity index (χ4v) is 2.14. The van der Waals surface area contributed by atoms with Crippen molar-refractivity contribution in [2.75, 3.05) is 6.61 Å². The van der Waals surface area contributed by atoms with Gasteiger partial charge in [0.1, 0.15) is 18.3 Å². The molecule has 7 N–H and O–H groups in total. The van der Waals surface area contributed by atoms with Crippen molar-refractivity contribution in [1.29, 1.82) is 0 Å². The molecule has 0 aromatic carbocycles. The molecule has 0 spiro atoms. The van der Waals surface area contributed by atoms with E-state index in [1.165, 1.54) is 0 Å². The highest BCUT2D eigenvalue weighted by molar-refractivity contribution is 5.76. The van der Waals surface area contributed by atoms with Crippen molar-refractivity contribution in [2.45, 2.75) is 49.6 Å². The van der Waals surface area contributed by atoms with Crippen LogP contribution >= 0.6 is 0 Å². The molecule has 0 radical (unpaired) electrons. The number of hydrogen-bond donors (Lipinski definition) is 7. The summed E-state index contributed by atoms with van der Waals surface area (Å²) >= 11 is 0. The number of hydrogen-bond acceptors (Lipinski definition) is 8. The summed E-state index contributed by atoms with van der Waals surface area (Å²) in [7, 11) is 0. The number of nitrogens with one attached hydrogen (secondary N) is 1. The van der Waals surface area contributed by atoms with Crippen LogP contribution in [0.4, 0.5) is 0 Å². The normalized spacial score (nSPS) is 35.8. The standard InChI is InChI=1S/C11H19NO9/c1-4(14)12-7-5(15)2-11(20,10(18)19)21-9(7)8(17)6(16)3-13/h5-9,13,15-17,20H,2-3H2,1H3,(H,12,14)(H,18,19)/t5-,6?,7+,8+,9+,11?/m0/s1. The van der Waals surface area contributed by atoms with Crippen molar-refractivity contribution in [3.05, 3.63) is 0 Å². The lowest BCUT2D eigenvalue weighted by Crippen LogP contribution is -2.67. The Morgan fingerprint density at radius 3 is 2.43 bits per heavy atom. The fourth-order valence-electron chi connectivity index (χ4n) is 2.14. The maximum absolute atomic E-state index is 11.1. The Kier molecular flexibility index (Phi) is 5.61. The molecule has 1 aliphatic heterocycles. The van der Waals surface area contributed by atoms with Crippen LogP contribution in [0.3, 0.4) is 0 Å². The SMILES string of the molecule is CC(=O)N[C@H]1[C@H]([C@H](O)C(O)CO)OC(O)(C(=O)O)C[C@@H]1O. The van der Waals surface area contributed by atoms with Crippen molar-refractivity contribution in [1.82, 2.24) is 5.32 Å². The zero-order valence-electron chi connectivity index (χ0n) is 11.2. The third-order valence-corrected chi connectivity index (χ3v) is 3.21. The molecule has 0 saturated carbocycles. The molecule has 1 saturated heterocycles. The fraction of sp³-hybridized carbons (Fsp3) is 0.818. The van der Waals surface area contributed by atoms with E-state index in [2.05, 4.69) is 5.32 Å². The van der Waals surface area contributed by atoms with Crippen molar-refractivity contribution < 1.29 is 45.0 Å². The molecule has 2 unspecified atom stereocenters. The number of ether oxygens (including phenoxy) is 1. The van der Waals surface area contributed by atoms with Gasteiger partial charge in [0.05, 0.1) is 18.8 Å². The molecular weight excluding hydrogens is 290 g/mol. The number of amides is 1. The van der Waals surface area contributed by atoms with Gasteiger partial charge < -0.3 is 40.7 Å². The van der Waals surface area contributed by atoms with Gasteiger partial charge in [-0.25, -0.2) is 4.79 Å².